The van der Waals surface area contributed by atoms with Crippen molar-refractivity contribution in [2.75, 3.05) is 0 Å². The Morgan fingerprint density at radius 3 is 2.26 bits per heavy atom. The lowest BCUT2D eigenvalue weighted by molar-refractivity contribution is -0.114. The van der Waals surface area contributed by atoms with E-state index >= 15 is 0 Å². The van der Waals surface area contributed by atoms with Gasteiger partial charge in [0.15, 0.2) is 5.78 Å². The van der Waals surface area contributed by atoms with E-state index in [1.807, 2.05) is 72.8 Å². The molecular weight excluding hydrogens is 345 g/mol. The lowest BCUT2D eigenvalue weighted by Crippen LogP contribution is -2.19. The maximum Gasteiger partial charge on any atom is 0.796 e. The SMILES string of the molecule is CC(=O)C1=C(OB(F)F)C=C(/C=C\c2ccccc2)C[C@@H]1c1ccccc1. The summed E-state index contributed by atoms with van der Waals surface area (Å²) in [5.41, 5.74) is 3.02. The van der Waals surface area contributed by atoms with Crippen molar-refractivity contribution in [2.24, 2.45) is 0 Å². The summed E-state index contributed by atoms with van der Waals surface area (Å²) >= 11 is 0. The van der Waals surface area contributed by atoms with Crippen molar-refractivity contribution in [3.63, 3.8) is 0 Å². The van der Waals surface area contributed by atoms with Crippen LogP contribution in [0.2, 0.25) is 0 Å². The van der Waals surface area contributed by atoms with Crippen LogP contribution in [0.25, 0.3) is 6.08 Å². The van der Waals surface area contributed by atoms with E-state index in [1.165, 1.54) is 6.92 Å². The first-order valence-corrected chi connectivity index (χ1v) is 8.73. The highest BCUT2D eigenvalue weighted by Gasteiger charge is 2.31. The number of Topliss-reactive ketones (excluding diaryl/α,β-unsaturated/α-hetero) is 1. The Hall–Kier alpha value is -2.95. The van der Waals surface area contributed by atoms with Crippen molar-refractivity contribution in [2.45, 2.75) is 19.3 Å². The zero-order valence-corrected chi connectivity index (χ0v) is 14.9. The molecule has 0 N–H and O–H groups in total. The van der Waals surface area contributed by atoms with Gasteiger partial charge in [0, 0.05) is 11.5 Å². The largest absolute Gasteiger partial charge is 0.796 e. The van der Waals surface area contributed by atoms with Gasteiger partial charge in [-0.05, 0) is 36.1 Å². The molecule has 3 rings (SSSR count). The molecule has 0 bridgehead atoms. The number of rotatable bonds is 6. The topological polar surface area (TPSA) is 26.3 Å². The standard InChI is InChI=1S/C22H19BF2O2/c1-16(26)22-20(19-10-6-3-7-11-19)14-18(15-21(22)27-23(24)25)13-12-17-8-4-2-5-9-17/h2-13,15,20H,14H2,1H3/b13-12-/t20-/m1/s1. The second-order valence-corrected chi connectivity index (χ2v) is 6.34. The van der Waals surface area contributed by atoms with Gasteiger partial charge in [-0.15, -0.1) is 0 Å². The molecule has 0 fully saturated rings. The van der Waals surface area contributed by atoms with Crippen LogP contribution in [-0.4, -0.2) is 13.3 Å². The predicted octanol–water partition coefficient (Wildman–Crippen LogP) is 5.60. The molecule has 0 amide bonds. The number of carbonyl (C=O) groups excluding carboxylic acids is 1. The number of hydrogen-bond donors (Lipinski definition) is 0. The molecule has 1 aliphatic carbocycles. The van der Waals surface area contributed by atoms with Crippen LogP contribution in [0.4, 0.5) is 8.63 Å². The summed E-state index contributed by atoms with van der Waals surface area (Å²) in [6, 6.07) is 19.1. The van der Waals surface area contributed by atoms with Crippen LogP contribution in [0.5, 0.6) is 0 Å². The Morgan fingerprint density at radius 1 is 1.04 bits per heavy atom. The van der Waals surface area contributed by atoms with Crippen molar-refractivity contribution in [3.05, 3.63) is 101 Å². The molecule has 0 saturated carbocycles. The number of hydrogen-bond acceptors (Lipinski definition) is 2. The third kappa shape index (κ3) is 4.82. The van der Waals surface area contributed by atoms with Crippen molar-refractivity contribution in [3.8, 4) is 0 Å². The van der Waals surface area contributed by atoms with E-state index in [1.54, 1.807) is 6.08 Å². The lowest BCUT2D eigenvalue weighted by Gasteiger charge is -2.26. The third-order valence-electron chi connectivity index (χ3n) is 4.46. The maximum absolute atomic E-state index is 12.9. The highest BCUT2D eigenvalue weighted by Crippen LogP contribution is 2.39. The van der Waals surface area contributed by atoms with Crippen molar-refractivity contribution >= 4 is 19.3 Å². The minimum atomic E-state index is -2.99. The van der Waals surface area contributed by atoms with Crippen LogP contribution >= 0.6 is 0 Å². The van der Waals surface area contributed by atoms with Crippen LogP contribution in [0, 0.1) is 0 Å². The lowest BCUT2D eigenvalue weighted by atomic mass is 9.79. The Morgan fingerprint density at radius 2 is 1.67 bits per heavy atom. The predicted molar refractivity (Wildman–Crippen MR) is 104 cm³/mol. The molecule has 0 saturated heterocycles. The van der Waals surface area contributed by atoms with Gasteiger partial charge in [0.25, 0.3) is 0 Å². The van der Waals surface area contributed by atoms with Crippen molar-refractivity contribution < 1.29 is 18.1 Å². The summed E-state index contributed by atoms with van der Waals surface area (Å²) < 4.78 is 30.6. The summed E-state index contributed by atoms with van der Waals surface area (Å²) in [4.78, 5) is 12.2. The molecule has 0 aromatic heterocycles. The Kier molecular flexibility index (Phi) is 6.02. The summed E-state index contributed by atoms with van der Waals surface area (Å²) in [6.45, 7) is 1.39. The summed E-state index contributed by atoms with van der Waals surface area (Å²) in [6.07, 6.45) is 5.89. The molecule has 27 heavy (non-hydrogen) atoms. The third-order valence-corrected chi connectivity index (χ3v) is 4.46. The maximum atomic E-state index is 12.9. The van der Waals surface area contributed by atoms with E-state index in [-0.39, 0.29) is 17.5 Å². The van der Waals surface area contributed by atoms with Gasteiger partial charge in [-0.3, -0.25) is 4.79 Å². The summed E-state index contributed by atoms with van der Waals surface area (Å²) in [5, 5.41) is 0. The van der Waals surface area contributed by atoms with E-state index in [4.69, 9.17) is 4.65 Å². The monoisotopic (exact) mass is 364 g/mol. The minimum Gasteiger partial charge on any atom is -0.505 e. The second kappa shape index (κ2) is 8.63. The molecule has 0 spiro atoms. The highest BCUT2D eigenvalue weighted by molar-refractivity contribution is 6.35. The van der Waals surface area contributed by atoms with Crippen LogP contribution in [0.15, 0.2) is 89.7 Å². The van der Waals surface area contributed by atoms with E-state index in [0.29, 0.717) is 12.0 Å². The average molecular weight is 364 g/mol. The smallest absolute Gasteiger partial charge is 0.505 e. The molecule has 0 unspecified atom stereocenters. The Bertz CT molecular complexity index is 887. The number of benzene rings is 2. The van der Waals surface area contributed by atoms with Gasteiger partial charge >= 0.3 is 7.47 Å². The number of allylic oxidation sites excluding steroid dienone is 4. The molecule has 136 valence electrons. The van der Waals surface area contributed by atoms with E-state index in [0.717, 1.165) is 16.7 Å². The van der Waals surface area contributed by atoms with Gasteiger partial charge in [-0.25, -0.2) is 8.63 Å². The number of ketones is 1. The second-order valence-electron chi connectivity index (χ2n) is 6.34. The first kappa shape index (κ1) is 18.8. The Balaban J connectivity index is 2.02. The molecule has 0 aliphatic heterocycles. The van der Waals surface area contributed by atoms with Crippen molar-refractivity contribution in [1.29, 1.82) is 0 Å². The fraction of sp³-hybridized carbons (Fsp3) is 0.136. The first-order chi connectivity index (χ1) is 13.0. The van der Waals surface area contributed by atoms with Gasteiger partial charge < -0.3 is 4.65 Å². The van der Waals surface area contributed by atoms with Gasteiger partial charge in [0.2, 0.25) is 0 Å². The molecule has 1 aliphatic rings. The summed E-state index contributed by atoms with van der Waals surface area (Å²) in [7, 11) is -2.99. The molecule has 2 aromatic rings. The normalized spacial score (nSPS) is 17.0. The summed E-state index contributed by atoms with van der Waals surface area (Å²) in [5.74, 6) is -0.634. The molecule has 1 atom stereocenters. The fourth-order valence-corrected chi connectivity index (χ4v) is 3.28. The first-order valence-electron chi connectivity index (χ1n) is 8.73. The molecule has 0 radical (unpaired) electrons. The molecular formula is C22H19BF2O2. The number of carbonyl (C=O) groups is 1. The highest BCUT2D eigenvalue weighted by atomic mass is 19.2. The van der Waals surface area contributed by atoms with Gasteiger partial charge in [0.1, 0.15) is 5.76 Å². The van der Waals surface area contributed by atoms with Crippen LogP contribution < -0.4 is 0 Å². The van der Waals surface area contributed by atoms with Crippen molar-refractivity contribution in [1.82, 2.24) is 0 Å². The zero-order valence-electron chi connectivity index (χ0n) is 14.9. The van der Waals surface area contributed by atoms with E-state index < -0.39 is 7.47 Å². The molecule has 2 aromatic carbocycles. The molecule has 0 heterocycles. The van der Waals surface area contributed by atoms with Crippen LogP contribution in [0.1, 0.15) is 30.4 Å². The van der Waals surface area contributed by atoms with Gasteiger partial charge in [-0.1, -0.05) is 72.8 Å². The molecule has 2 nitrogen and oxygen atoms in total. The average Bonchev–Trinajstić information content (AvgIpc) is 2.66. The zero-order chi connectivity index (χ0) is 19.2. The van der Waals surface area contributed by atoms with Crippen LogP contribution in [0.3, 0.4) is 0 Å². The van der Waals surface area contributed by atoms with Gasteiger partial charge in [0.05, 0.1) is 0 Å². The Labute approximate surface area is 158 Å². The van der Waals surface area contributed by atoms with E-state index in [2.05, 4.69) is 0 Å². The minimum absolute atomic E-state index is 0.0506. The number of halogens is 2. The fourth-order valence-electron chi connectivity index (χ4n) is 3.28. The quantitative estimate of drug-likeness (QED) is 0.624. The molecule has 5 heteroatoms. The van der Waals surface area contributed by atoms with Gasteiger partial charge in [-0.2, -0.15) is 0 Å². The van der Waals surface area contributed by atoms with E-state index in [9.17, 15) is 13.4 Å². The van der Waals surface area contributed by atoms with Crippen LogP contribution in [-0.2, 0) is 9.45 Å².